The number of hydrogen-bond acceptors (Lipinski definition) is 1. The highest BCUT2D eigenvalue weighted by Gasteiger charge is 1.93. The monoisotopic (exact) mass is 267 g/mol. The zero-order chi connectivity index (χ0) is 14.0. The molecule has 114 valence electrons. The van der Waals surface area contributed by atoms with Gasteiger partial charge in [-0.1, -0.05) is 90.0 Å². The molecule has 0 aromatic heterocycles. The van der Waals surface area contributed by atoms with E-state index in [1.807, 2.05) is 13.2 Å². The van der Waals surface area contributed by atoms with Crippen molar-refractivity contribution >= 4 is 0 Å². The predicted molar refractivity (Wildman–Crippen MR) is 88.5 cm³/mol. The zero-order valence-electron chi connectivity index (χ0n) is 13.6. The van der Waals surface area contributed by atoms with Crippen LogP contribution in [0.1, 0.15) is 96.8 Å². The van der Waals surface area contributed by atoms with Crippen molar-refractivity contribution in [1.29, 1.82) is 0 Å². The lowest BCUT2D eigenvalue weighted by molar-refractivity contribution is 0.540. The summed E-state index contributed by atoms with van der Waals surface area (Å²) in [5.41, 5.74) is 0. The van der Waals surface area contributed by atoms with Gasteiger partial charge in [0.25, 0.3) is 0 Å². The van der Waals surface area contributed by atoms with Crippen molar-refractivity contribution in [1.82, 2.24) is 5.32 Å². The fourth-order valence-electron chi connectivity index (χ4n) is 2.48. The molecule has 0 spiro atoms. The first-order chi connectivity index (χ1) is 9.41. The molecule has 0 saturated heterocycles. The molecule has 0 aromatic rings. The van der Waals surface area contributed by atoms with Gasteiger partial charge in [-0.2, -0.15) is 0 Å². The van der Waals surface area contributed by atoms with E-state index in [0.717, 1.165) is 0 Å². The van der Waals surface area contributed by atoms with Crippen molar-refractivity contribution in [2.45, 2.75) is 96.8 Å². The van der Waals surface area contributed by atoms with E-state index in [4.69, 9.17) is 0 Å². The summed E-state index contributed by atoms with van der Waals surface area (Å²) < 4.78 is 0. The van der Waals surface area contributed by atoms with E-state index in [2.05, 4.69) is 18.3 Å². The fourth-order valence-corrected chi connectivity index (χ4v) is 2.48. The van der Waals surface area contributed by atoms with Crippen molar-refractivity contribution in [3.8, 4) is 0 Å². The standard InChI is InChI=1S/C18H37N/c1-3-4-5-6-7-8-9-10-11-12-13-14-15-16-17-18-19-2/h17-19H,3-16H2,1-2H3. The maximum atomic E-state index is 3.03. The number of allylic oxidation sites excluding steroid dienone is 1. The van der Waals surface area contributed by atoms with Crippen molar-refractivity contribution < 1.29 is 0 Å². The molecule has 0 amide bonds. The molecule has 0 bridgehead atoms. The first-order valence-electron chi connectivity index (χ1n) is 8.74. The van der Waals surface area contributed by atoms with Crippen LogP contribution in [-0.2, 0) is 0 Å². The highest BCUT2D eigenvalue weighted by atomic mass is 14.8. The Balaban J connectivity index is 2.93. The van der Waals surface area contributed by atoms with Gasteiger partial charge in [0.1, 0.15) is 0 Å². The lowest BCUT2D eigenvalue weighted by Gasteiger charge is -2.02. The first kappa shape index (κ1) is 18.5. The third-order valence-electron chi connectivity index (χ3n) is 3.76. The number of rotatable bonds is 15. The average Bonchev–Trinajstić information content (AvgIpc) is 2.43. The van der Waals surface area contributed by atoms with Crippen molar-refractivity contribution in [3.63, 3.8) is 0 Å². The number of unbranched alkanes of at least 4 members (excludes halogenated alkanes) is 13. The van der Waals surface area contributed by atoms with Gasteiger partial charge in [-0.3, -0.25) is 0 Å². The molecular weight excluding hydrogens is 230 g/mol. The summed E-state index contributed by atoms with van der Waals surface area (Å²) >= 11 is 0. The second-order valence-electron chi connectivity index (χ2n) is 5.72. The molecule has 1 nitrogen and oxygen atoms in total. The Morgan fingerprint density at radius 1 is 0.632 bits per heavy atom. The van der Waals surface area contributed by atoms with Crippen molar-refractivity contribution in [3.05, 3.63) is 12.3 Å². The topological polar surface area (TPSA) is 12.0 Å². The average molecular weight is 268 g/mol. The lowest BCUT2D eigenvalue weighted by Crippen LogP contribution is -1.90. The number of hydrogen-bond donors (Lipinski definition) is 1. The molecule has 0 aliphatic heterocycles. The van der Waals surface area contributed by atoms with Crippen LogP contribution in [0.4, 0.5) is 0 Å². The van der Waals surface area contributed by atoms with Crippen LogP contribution >= 0.6 is 0 Å². The van der Waals surface area contributed by atoms with Gasteiger partial charge in [0.2, 0.25) is 0 Å². The van der Waals surface area contributed by atoms with Crippen molar-refractivity contribution in [2.24, 2.45) is 0 Å². The predicted octanol–water partition coefficient (Wildman–Crippen LogP) is 6.20. The molecule has 0 aromatic carbocycles. The smallest absolute Gasteiger partial charge is 0.00276 e. The van der Waals surface area contributed by atoms with Crippen molar-refractivity contribution in [2.75, 3.05) is 7.05 Å². The van der Waals surface area contributed by atoms with Crippen LogP contribution in [0.5, 0.6) is 0 Å². The summed E-state index contributed by atoms with van der Waals surface area (Å²) in [6.45, 7) is 2.29. The molecule has 0 aliphatic rings. The van der Waals surface area contributed by atoms with Gasteiger partial charge in [-0.15, -0.1) is 0 Å². The summed E-state index contributed by atoms with van der Waals surface area (Å²) in [6.07, 6.45) is 24.2. The molecule has 0 unspecified atom stereocenters. The van der Waals surface area contributed by atoms with Crippen LogP contribution < -0.4 is 5.32 Å². The van der Waals surface area contributed by atoms with E-state index < -0.39 is 0 Å². The maximum absolute atomic E-state index is 3.03. The molecule has 0 aliphatic carbocycles. The minimum atomic E-state index is 1.23. The van der Waals surface area contributed by atoms with Gasteiger partial charge >= 0.3 is 0 Å². The Morgan fingerprint density at radius 2 is 1.05 bits per heavy atom. The van der Waals surface area contributed by atoms with Gasteiger partial charge < -0.3 is 5.32 Å². The number of nitrogens with one attached hydrogen (secondary N) is 1. The maximum Gasteiger partial charge on any atom is 0.00276 e. The molecule has 19 heavy (non-hydrogen) atoms. The summed E-state index contributed by atoms with van der Waals surface area (Å²) in [5, 5.41) is 3.03. The summed E-state index contributed by atoms with van der Waals surface area (Å²) in [7, 11) is 1.96. The van der Waals surface area contributed by atoms with E-state index in [1.54, 1.807) is 0 Å². The largest absolute Gasteiger partial charge is 0.394 e. The van der Waals surface area contributed by atoms with Crippen LogP contribution in [0, 0.1) is 0 Å². The molecule has 1 heteroatoms. The van der Waals surface area contributed by atoms with Gasteiger partial charge in [0.05, 0.1) is 0 Å². The molecule has 0 saturated carbocycles. The van der Waals surface area contributed by atoms with Gasteiger partial charge in [0, 0.05) is 7.05 Å². The van der Waals surface area contributed by atoms with Crippen LogP contribution in [0.3, 0.4) is 0 Å². The second kappa shape index (κ2) is 17.5. The van der Waals surface area contributed by atoms with Crippen LogP contribution in [-0.4, -0.2) is 7.05 Å². The third-order valence-corrected chi connectivity index (χ3v) is 3.76. The summed E-state index contributed by atoms with van der Waals surface area (Å²) in [6, 6.07) is 0. The summed E-state index contributed by atoms with van der Waals surface area (Å²) in [5.74, 6) is 0. The van der Waals surface area contributed by atoms with Crippen LogP contribution in [0.2, 0.25) is 0 Å². The minimum Gasteiger partial charge on any atom is -0.394 e. The fraction of sp³-hybridized carbons (Fsp3) is 0.889. The first-order valence-corrected chi connectivity index (χ1v) is 8.74. The van der Waals surface area contributed by atoms with E-state index >= 15 is 0 Å². The van der Waals surface area contributed by atoms with Crippen LogP contribution in [0.25, 0.3) is 0 Å². The minimum absolute atomic E-state index is 1.23. The SMILES string of the molecule is CCCCCCCCCCCCCCCC=CNC. The Bertz CT molecular complexity index is 175. The lowest BCUT2D eigenvalue weighted by atomic mass is 10.0. The quantitative estimate of drug-likeness (QED) is 0.348. The molecule has 0 fully saturated rings. The van der Waals surface area contributed by atoms with Gasteiger partial charge in [-0.25, -0.2) is 0 Å². The van der Waals surface area contributed by atoms with E-state index in [1.165, 1.54) is 89.9 Å². The third kappa shape index (κ3) is 17.5. The van der Waals surface area contributed by atoms with E-state index in [9.17, 15) is 0 Å². The Labute approximate surface area is 122 Å². The van der Waals surface area contributed by atoms with Crippen LogP contribution in [0.15, 0.2) is 12.3 Å². The normalized spacial score (nSPS) is 11.3. The molecule has 0 heterocycles. The zero-order valence-corrected chi connectivity index (χ0v) is 13.6. The van der Waals surface area contributed by atoms with Gasteiger partial charge in [-0.05, 0) is 19.0 Å². The Kier molecular flexibility index (Phi) is 17.1. The molecule has 0 rings (SSSR count). The second-order valence-corrected chi connectivity index (χ2v) is 5.72. The summed E-state index contributed by atoms with van der Waals surface area (Å²) in [4.78, 5) is 0. The highest BCUT2D eigenvalue weighted by molar-refractivity contribution is 4.77. The molecule has 0 radical (unpaired) electrons. The molecular formula is C18H37N. The van der Waals surface area contributed by atoms with E-state index in [0.29, 0.717) is 0 Å². The molecule has 1 N–H and O–H groups in total. The Morgan fingerprint density at radius 3 is 1.47 bits per heavy atom. The van der Waals surface area contributed by atoms with Gasteiger partial charge in [0.15, 0.2) is 0 Å². The molecule has 0 atom stereocenters. The Hall–Kier alpha value is -0.460. The highest BCUT2D eigenvalue weighted by Crippen LogP contribution is 2.12. The van der Waals surface area contributed by atoms with E-state index in [-0.39, 0.29) is 0 Å².